The summed E-state index contributed by atoms with van der Waals surface area (Å²) in [6.45, 7) is 6.69. The molecule has 0 atom stereocenters. The van der Waals surface area contributed by atoms with E-state index < -0.39 is 5.97 Å². The van der Waals surface area contributed by atoms with Crippen molar-refractivity contribution in [3.05, 3.63) is 65.2 Å². The van der Waals surface area contributed by atoms with E-state index in [0.717, 1.165) is 24.9 Å². The molecule has 0 fully saturated rings. The fourth-order valence-electron chi connectivity index (χ4n) is 4.45. The molecule has 0 unspecified atom stereocenters. The summed E-state index contributed by atoms with van der Waals surface area (Å²) in [4.78, 5) is 23.7. The predicted octanol–water partition coefficient (Wildman–Crippen LogP) is 6.07. The third-order valence-electron chi connectivity index (χ3n) is 6.46. The van der Waals surface area contributed by atoms with Gasteiger partial charge in [0, 0.05) is 23.7 Å². The minimum absolute atomic E-state index is 0.0150. The number of nitrogens with zero attached hydrogens (tertiary/aromatic N) is 3. The summed E-state index contributed by atoms with van der Waals surface area (Å²) >= 11 is 6.50. The molecule has 0 radical (unpaired) electrons. The smallest absolute Gasteiger partial charge is 0.335 e. The van der Waals surface area contributed by atoms with Crippen LogP contribution in [0.1, 0.15) is 37.0 Å². The number of aromatic carboxylic acids is 1. The zero-order valence-electron chi connectivity index (χ0n) is 20.3. The summed E-state index contributed by atoms with van der Waals surface area (Å²) in [5, 5.41) is 10.2. The Balaban J connectivity index is 1.65. The standard InChI is InChI=1S/C28H28ClN3O4/c1-28(2)10-3-12-32(13-9-20(29)8-11-28)26-25(18-5-7-23-24(17-18)36-15-14-35-23)30-21-6-4-19(27(33)34)16-22(21)31-26/h4-9,11,16-17H,3,10,12-15H2,1-2H3,(H,33,34)/b11-8-,20-9+. The van der Waals surface area contributed by atoms with Crippen molar-refractivity contribution >= 4 is 34.4 Å². The van der Waals surface area contributed by atoms with Gasteiger partial charge in [-0.1, -0.05) is 31.5 Å². The number of aromatic nitrogens is 2. The number of benzene rings is 2. The van der Waals surface area contributed by atoms with Crippen molar-refractivity contribution in [2.45, 2.75) is 26.7 Å². The number of hydrogen-bond acceptors (Lipinski definition) is 6. The Morgan fingerprint density at radius 2 is 1.86 bits per heavy atom. The van der Waals surface area contributed by atoms with E-state index in [2.05, 4.69) is 24.8 Å². The molecule has 0 saturated carbocycles. The van der Waals surface area contributed by atoms with Gasteiger partial charge in [-0.15, -0.1) is 0 Å². The fraction of sp³-hybridized carbons (Fsp3) is 0.321. The Morgan fingerprint density at radius 1 is 1.06 bits per heavy atom. The van der Waals surface area contributed by atoms with Crippen LogP contribution in [0.5, 0.6) is 11.5 Å². The van der Waals surface area contributed by atoms with Gasteiger partial charge in [-0.3, -0.25) is 0 Å². The molecule has 3 heterocycles. The Morgan fingerprint density at radius 3 is 2.67 bits per heavy atom. The molecular weight excluding hydrogens is 478 g/mol. The molecule has 0 amide bonds. The molecule has 0 saturated heterocycles. The first-order chi connectivity index (χ1) is 17.3. The molecule has 1 aromatic heterocycles. The van der Waals surface area contributed by atoms with Crippen LogP contribution in [0.3, 0.4) is 0 Å². The largest absolute Gasteiger partial charge is 0.486 e. The lowest BCUT2D eigenvalue weighted by molar-refractivity contribution is 0.0697. The van der Waals surface area contributed by atoms with E-state index in [0.29, 0.717) is 58.8 Å². The van der Waals surface area contributed by atoms with Crippen molar-refractivity contribution in [2.75, 3.05) is 31.2 Å². The second kappa shape index (κ2) is 9.82. The second-order valence-corrected chi connectivity index (χ2v) is 10.2. The topological polar surface area (TPSA) is 84.8 Å². The van der Waals surface area contributed by atoms with Gasteiger partial charge >= 0.3 is 5.97 Å². The number of hydrogen-bond donors (Lipinski definition) is 1. The van der Waals surface area contributed by atoms with E-state index in [1.54, 1.807) is 18.2 Å². The third-order valence-corrected chi connectivity index (χ3v) is 6.74. The van der Waals surface area contributed by atoms with Gasteiger partial charge < -0.3 is 19.5 Å². The van der Waals surface area contributed by atoms with Crippen LogP contribution in [-0.2, 0) is 0 Å². The highest BCUT2D eigenvalue weighted by Crippen LogP contribution is 2.38. The molecule has 0 bridgehead atoms. The summed E-state index contributed by atoms with van der Waals surface area (Å²) in [5.41, 5.74) is 2.87. The van der Waals surface area contributed by atoms with Crippen LogP contribution in [0, 0.1) is 5.41 Å². The number of carbonyl (C=O) groups is 1. The Labute approximate surface area is 215 Å². The van der Waals surface area contributed by atoms with Gasteiger partial charge in [0.1, 0.15) is 18.9 Å². The van der Waals surface area contributed by atoms with Crippen LogP contribution < -0.4 is 14.4 Å². The van der Waals surface area contributed by atoms with Crippen molar-refractivity contribution in [2.24, 2.45) is 5.41 Å². The minimum atomic E-state index is -1.00. The summed E-state index contributed by atoms with van der Waals surface area (Å²) in [6, 6.07) is 10.6. The molecule has 186 valence electrons. The van der Waals surface area contributed by atoms with Gasteiger partial charge in [-0.2, -0.15) is 0 Å². The first-order valence-corrected chi connectivity index (χ1v) is 12.4. The predicted molar refractivity (Wildman–Crippen MR) is 141 cm³/mol. The second-order valence-electron chi connectivity index (χ2n) is 9.72. The number of allylic oxidation sites excluding steroid dienone is 3. The zero-order chi connectivity index (χ0) is 25.3. The van der Waals surface area contributed by atoms with Crippen molar-refractivity contribution in [3.8, 4) is 22.8 Å². The van der Waals surface area contributed by atoms with Gasteiger partial charge in [0.05, 0.1) is 16.6 Å². The van der Waals surface area contributed by atoms with E-state index >= 15 is 0 Å². The van der Waals surface area contributed by atoms with Crippen molar-refractivity contribution in [3.63, 3.8) is 0 Å². The first-order valence-electron chi connectivity index (χ1n) is 12.0. The van der Waals surface area contributed by atoms with Gasteiger partial charge in [0.2, 0.25) is 0 Å². The molecule has 7 nitrogen and oxygen atoms in total. The summed E-state index contributed by atoms with van der Waals surface area (Å²) in [6.07, 6.45) is 8.00. The fourth-order valence-corrected chi connectivity index (χ4v) is 4.58. The van der Waals surface area contributed by atoms with Gasteiger partial charge in [-0.25, -0.2) is 14.8 Å². The number of halogens is 1. The number of anilines is 1. The zero-order valence-corrected chi connectivity index (χ0v) is 21.1. The highest BCUT2D eigenvalue weighted by Gasteiger charge is 2.22. The summed E-state index contributed by atoms with van der Waals surface area (Å²) < 4.78 is 11.5. The molecule has 36 heavy (non-hydrogen) atoms. The Kier molecular flexibility index (Phi) is 6.58. The normalized spacial score (nSPS) is 19.9. The highest BCUT2D eigenvalue weighted by molar-refractivity contribution is 6.31. The van der Waals surface area contributed by atoms with Crippen LogP contribution in [0.2, 0.25) is 0 Å². The van der Waals surface area contributed by atoms with Crippen LogP contribution in [0.15, 0.2) is 59.7 Å². The average molecular weight is 506 g/mol. The Bertz CT molecular complexity index is 1380. The van der Waals surface area contributed by atoms with Crippen LogP contribution in [0.25, 0.3) is 22.3 Å². The van der Waals surface area contributed by atoms with E-state index in [1.165, 1.54) is 0 Å². The van der Waals surface area contributed by atoms with Crippen LogP contribution in [0.4, 0.5) is 5.82 Å². The lowest BCUT2D eigenvalue weighted by Crippen LogP contribution is -2.28. The van der Waals surface area contributed by atoms with E-state index in [-0.39, 0.29) is 11.0 Å². The molecule has 0 spiro atoms. The van der Waals surface area contributed by atoms with Crippen LogP contribution >= 0.6 is 11.6 Å². The van der Waals surface area contributed by atoms with Crippen molar-refractivity contribution in [1.29, 1.82) is 0 Å². The number of ether oxygens (including phenoxy) is 2. The molecule has 8 heteroatoms. The molecule has 0 aliphatic carbocycles. The Hall–Kier alpha value is -3.58. The lowest BCUT2D eigenvalue weighted by Gasteiger charge is -2.28. The van der Waals surface area contributed by atoms with E-state index in [9.17, 15) is 9.90 Å². The van der Waals surface area contributed by atoms with E-state index in [1.807, 2.05) is 30.4 Å². The quantitative estimate of drug-likeness (QED) is 0.462. The van der Waals surface area contributed by atoms with E-state index in [4.69, 9.17) is 31.0 Å². The lowest BCUT2D eigenvalue weighted by atomic mass is 9.87. The summed E-state index contributed by atoms with van der Waals surface area (Å²) in [7, 11) is 0. The molecule has 5 rings (SSSR count). The molecule has 2 aliphatic heterocycles. The third kappa shape index (κ3) is 5.16. The number of rotatable bonds is 3. The number of carboxylic acids is 1. The summed E-state index contributed by atoms with van der Waals surface area (Å²) in [5.74, 6) is 1.04. The first kappa shape index (κ1) is 24.1. The van der Waals surface area contributed by atoms with Crippen molar-refractivity contribution < 1.29 is 19.4 Å². The maximum atomic E-state index is 11.6. The van der Waals surface area contributed by atoms with Gasteiger partial charge in [-0.05, 0) is 66.8 Å². The van der Waals surface area contributed by atoms with Crippen molar-refractivity contribution in [1.82, 2.24) is 9.97 Å². The average Bonchev–Trinajstić information content (AvgIpc) is 2.87. The molecular formula is C28H28ClN3O4. The highest BCUT2D eigenvalue weighted by atomic mass is 35.5. The monoisotopic (exact) mass is 505 g/mol. The van der Waals surface area contributed by atoms with Gasteiger partial charge in [0.15, 0.2) is 17.3 Å². The SMILES string of the molecule is CC1(C)/C=C\C(Cl)=C/CN(c2nc3cc(C(=O)O)ccc3nc2-c2ccc3c(c2)OCCO3)CCC1. The maximum Gasteiger partial charge on any atom is 0.335 e. The number of fused-ring (bicyclic) bond motifs is 2. The maximum absolute atomic E-state index is 11.6. The number of carboxylic acid groups (broad SMARTS) is 1. The molecule has 1 N–H and O–H groups in total. The molecule has 2 aromatic carbocycles. The molecule has 2 aliphatic rings. The van der Waals surface area contributed by atoms with Gasteiger partial charge in [0.25, 0.3) is 0 Å². The minimum Gasteiger partial charge on any atom is -0.486 e. The van der Waals surface area contributed by atoms with Crippen LogP contribution in [-0.4, -0.2) is 47.3 Å². The molecule has 3 aromatic rings.